The van der Waals surface area contributed by atoms with Gasteiger partial charge in [-0.05, 0) is 12.1 Å². The molecule has 0 saturated heterocycles. The van der Waals surface area contributed by atoms with Crippen molar-refractivity contribution in [3.05, 3.63) is 50.5 Å². The third kappa shape index (κ3) is 2.08. The average Bonchev–Trinajstić information content (AvgIpc) is 2.51. The van der Waals surface area contributed by atoms with Gasteiger partial charge in [0, 0.05) is 15.6 Å². The van der Waals surface area contributed by atoms with Crippen molar-refractivity contribution >= 4 is 23.2 Å². The molecule has 1 aromatic heterocycles. The van der Waals surface area contributed by atoms with Crippen molar-refractivity contribution in [1.29, 1.82) is 0 Å². The van der Waals surface area contributed by atoms with Crippen molar-refractivity contribution in [2.45, 2.75) is 6.54 Å². The molecule has 2 aromatic rings. The number of benzene rings is 1. The lowest BCUT2D eigenvalue weighted by atomic mass is 10.2. The predicted molar refractivity (Wildman–Crippen MR) is 62.3 cm³/mol. The number of hydrogen-bond donors (Lipinski definition) is 2. The van der Waals surface area contributed by atoms with Gasteiger partial charge in [0.2, 0.25) is 5.88 Å². The number of aromatic hydroxyl groups is 1. The summed E-state index contributed by atoms with van der Waals surface area (Å²) in [6, 6.07) is 5.12. The Labute approximate surface area is 101 Å². The lowest BCUT2D eigenvalue weighted by Crippen LogP contribution is -2.17. The van der Waals surface area contributed by atoms with Gasteiger partial charge in [0.15, 0.2) is 0 Å². The molecule has 4 nitrogen and oxygen atoms in total. The summed E-state index contributed by atoms with van der Waals surface area (Å²) < 4.78 is 1.29. The average molecular weight is 259 g/mol. The Morgan fingerprint density at radius 1 is 1.31 bits per heavy atom. The first kappa shape index (κ1) is 11.1. The zero-order valence-corrected chi connectivity index (χ0v) is 9.59. The number of aromatic amines is 1. The first-order valence-corrected chi connectivity index (χ1v) is 5.25. The number of H-pyrrole nitrogens is 1. The minimum atomic E-state index is -0.409. The van der Waals surface area contributed by atoms with E-state index in [0.29, 0.717) is 15.6 Å². The third-order valence-corrected chi connectivity index (χ3v) is 2.87. The van der Waals surface area contributed by atoms with Crippen molar-refractivity contribution < 1.29 is 5.11 Å². The summed E-state index contributed by atoms with van der Waals surface area (Å²) in [6.07, 6.45) is 1.29. The SMILES string of the molecule is O=c1[nH]c(O)cn1Cc1c(Cl)cccc1Cl. The topological polar surface area (TPSA) is 58.0 Å². The molecule has 0 spiro atoms. The second-order valence-electron chi connectivity index (χ2n) is 3.27. The van der Waals surface area contributed by atoms with E-state index >= 15 is 0 Å². The van der Waals surface area contributed by atoms with Crippen LogP contribution in [0.3, 0.4) is 0 Å². The highest BCUT2D eigenvalue weighted by molar-refractivity contribution is 6.35. The zero-order chi connectivity index (χ0) is 11.7. The van der Waals surface area contributed by atoms with E-state index in [0.717, 1.165) is 0 Å². The number of nitrogens with one attached hydrogen (secondary N) is 1. The Bertz CT molecular complexity index is 554. The van der Waals surface area contributed by atoms with Gasteiger partial charge in [-0.3, -0.25) is 9.55 Å². The van der Waals surface area contributed by atoms with Gasteiger partial charge in [0.05, 0.1) is 12.7 Å². The molecule has 0 radical (unpaired) electrons. The quantitative estimate of drug-likeness (QED) is 0.868. The Morgan fingerprint density at radius 2 is 1.94 bits per heavy atom. The number of nitrogens with zero attached hydrogens (tertiary/aromatic N) is 1. The lowest BCUT2D eigenvalue weighted by Gasteiger charge is -2.06. The Kier molecular flexibility index (Phi) is 2.94. The first-order valence-electron chi connectivity index (χ1n) is 4.49. The van der Waals surface area contributed by atoms with E-state index in [1.54, 1.807) is 18.2 Å². The second kappa shape index (κ2) is 4.23. The molecular weight excluding hydrogens is 251 g/mol. The highest BCUT2D eigenvalue weighted by Gasteiger charge is 2.08. The molecule has 0 aliphatic heterocycles. The number of aromatic nitrogens is 2. The molecule has 2 rings (SSSR count). The van der Waals surface area contributed by atoms with Crippen molar-refractivity contribution in [1.82, 2.24) is 9.55 Å². The van der Waals surface area contributed by atoms with Gasteiger partial charge in [0.1, 0.15) is 0 Å². The standard InChI is InChI=1S/C10H8Cl2N2O2/c11-7-2-1-3-8(12)6(7)4-14-5-9(15)13-10(14)16/h1-3,5,15H,4H2,(H,13,16). The summed E-state index contributed by atoms with van der Waals surface area (Å²) in [5.41, 5.74) is 0.236. The highest BCUT2D eigenvalue weighted by atomic mass is 35.5. The highest BCUT2D eigenvalue weighted by Crippen LogP contribution is 2.24. The second-order valence-corrected chi connectivity index (χ2v) is 4.09. The van der Waals surface area contributed by atoms with Crippen LogP contribution in [0.5, 0.6) is 5.88 Å². The van der Waals surface area contributed by atoms with E-state index in [1.165, 1.54) is 10.8 Å². The predicted octanol–water partition coefficient (Wildman–Crippen LogP) is 2.24. The van der Waals surface area contributed by atoms with E-state index in [9.17, 15) is 4.79 Å². The maximum absolute atomic E-state index is 11.3. The molecule has 2 N–H and O–H groups in total. The van der Waals surface area contributed by atoms with E-state index in [-0.39, 0.29) is 12.4 Å². The lowest BCUT2D eigenvalue weighted by molar-refractivity contribution is 0.455. The zero-order valence-electron chi connectivity index (χ0n) is 8.08. The smallest absolute Gasteiger partial charge is 0.328 e. The van der Waals surface area contributed by atoms with Crippen LogP contribution in [-0.4, -0.2) is 14.7 Å². The molecule has 0 aliphatic carbocycles. The van der Waals surface area contributed by atoms with E-state index in [1.807, 2.05) is 0 Å². The van der Waals surface area contributed by atoms with E-state index < -0.39 is 5.69 Å². The van der Waals surface area contributed by atoms with Crippen LogP contribution in [0, 0.1) is 0 Å². The molecular formula is C10H8Cl2N2O2. The number of hydrogen-bond acceptors (Lipinski definition) is 2. The fourth-order valence-corrected chi connectivity index (χ4v) is 1.91. The molecule has 0 bridgehead atoms. The molecule has 0 amide bonds. The molecule has 0 saturated carbocycles. The van der Waals surface area contributed by atoms with Gasteiger partial charge in [-0.2, -0.15) is 0 Å². The molecule has 0 atom stereocenters. The minimum Gasteiger partial charge on any atom is -0.493 e. The van der Waals surface area contributed by atoms with Gasteiger partial charge in [-0.25, -0.2) is 4.79 Å². The number of imidazole rings is 1. The van der Waals surface area contributed by atoms with Crippen molar-refractivity contribution in [2.75, 3.05) is 0 Å². The van der Waals surface area contributed by atoms with Crippen LogP contribution >= 0.6 is 23.2 Å². The summed E-state index contributed by atoms with van der Waals surface area (Å²) in [5.74, 6) is -0.187. The van der Waals surface area contributed by atoms with Crippen LogP contribution in [0.15, 0.2) is 29.2 Å². The van der Waals surface area contributed by atoms with Gasteiger partial charge in [0.25, 0.3) is 0 Å². The van der Waals surface area contributed by atoms with E-state index in [2.05, 4.69) is 4.98 Å². The largest absolute Gasteiger partial charge is 0.493 e. The maximum atomic E-state index is 11.3. The molecule has 0 fully saturated rings. The first-order chi connectivity index (χ1) is 7.58. The van der Waals surface area contributed by atoms with Gasteiger partial charge in [-0.1, -0.05) is 29.3 Å². The van der Waals surface area contributed by atoms with Crippen LogP contribution in [0.1, 0.15) is 5.56 Å². The van der Waals surface area contributed by atoms with Gasteiger partial charge in [-0.15, -0.1) is 0 Å². The normalized spacial score (nSPS) is 10.6. The monoisotopic (exact) mass is 258 g/mol. The minimum absolute atomic E-state index is 0.187. The molecule has 0 unspecified atom stereocenters. The van der Waals surface area contributed by atoms with Crippen LogP contribution in [0.4, 0.5) is 0 Å². The molecule has 84 valence electrons. The summed E-state index contributed by atoms with van der Waals surface area (Å²) in [4.78, 5) is 13.6. The van der Waals surface area contributed by atoms with Crippen LogP contribution < -0.4 is 5.69 Å². The van der Waals surface area contributed by atoms with Crippen molar-refractivity contribution in [2.24, 2.45) is 0 Å². The van der Waals surface area contributed by atoms with E-state index in [4.69, 9.17) is 28.3 Å². The maximum Gasteiger partial charge on any atom is 0.328 e. The Hall–Kier alpha value is -1.39. The van der Waals surface area contributed by atoms with Gasteiger partial charge >= 0.3 is 5.69 Å². The Balaban J connectivity index is 2.41. The molecule has 16 heavy (non-hydrogen) atoms. The fourth-order valence-electron chi connectivity index (χ4n) is 1.39. The van der Waals surface area contributed by atoms with Crippen LogP contribution in [-0.2, 0) is 6.54 Å². The third-order valence-electron chi connectivity index (χ3n) is 2.16. The molecule has 6 heteroatoms. The molecule has 1 aromatic carbocycles. The van der Waals surface area contributed by atoms with Crippen molar-refractivity contribution in [3.8, 4) is 5.88 Å². The van der Waals surface area contributed by atoms with Crippen LogP contribution in [0.25, 0.3) is 0 Å². The van der Waals surface area contributed by atoms with Gasteiger partial charge < -0.3 is 5.11 Å². The summed E-state index contributed by atoms with van der Waals surface area (Å²) in [6.45, 7) is 0.217. The molecule has 1 heterocycles. The Morgan fingerprint density at radius 3 is 2.44 bits per heavy atom. The fraction of sp³-hybridized carbons (Fsp3) is 0.100. The summed E-state index contributed by atoms with van der Waals surface area (Å²) in [7, 11) is 0. The number of halogens is 2. The van der Waals surface area contributed by atoms with Crippen molar-refractivity contribution in [3.63, 3.8) is 0 Å². The van der Waals surface area contributed by atoms with Crippen LogP contribution in [0.2, 0.25) is 10.0 Å². The number of rotatable bonds is 2. The summed E-state index contributed by atoms with van der Waals surface area (Å²) >= 11 is 11.9. The molecule has 0 aliphatic rings. The summed E-state index contributed by atoms with van der Waals surface area (Å²) in [5, 5.41) is 10.1.